The van der Waals surface area contributed by atoms with E-state index in [9.17, 15) is 9.18 Å². The molecule has 1 amide bonds. The first-order chi connectivity index (χ1) is 11.5. The smallest absolute Gasteiger partial charge is 0.227 e. The lowest BCUT2D eigenvalue weighted by Gasteiger charge is -2.36. The van der Waals surface area contributed by atoms with Crippen molar-refractivity contribution < 1.29 is 9.18 Å². The highest BCUT2D eigenvalue weighted by Crippen LogP contribution is 2.20. The van der Waals surface area contributed by atoms with Crippen LogP contribution in [0.1, 0.15) is 16.7 Å². The van der Waals surface area contributed by atoms with Crippen molar-refractivity contribution in [3.05, 3.63) is 65.0 Å². The van der Waals surface area contributed by atoms with Gasteiger partial charge in [-0.05, 0) is 48.7 Å². The highest BCUT2D eigenvalue weighted by atomic mass is 19.1. The van der Waals surface area contributed by atoms with E-state index in [1.165, 1.54) is 22.9 Å². The van der Waals surface area contributed by atoms with Crippen LogP contribution in [0.3, 0.4) is 0 Å². The van der Waals surface area contributed by atoms with Crippen LogP contribution in [0.4, 0.5) is 10.1 Å². The van der Waals surface area contributed by atoms with Crippen molar-refractivity contribution in [1.29, 1.82) is 0 Å². The molecule has 1 saturated heterocycles. The first-order valence-corrected chi connectivity index (χ1v) is 8.38. The van der Waals surface area contributed by atoms with Crippen LogP contribution in [0.15, 0.2) is 42.5 Å². The summed E-state index contributed by atoms with van der Waals surface area (Å²) < 4.78 is 13.7. The Balaban J connectivity index is 1.59. The summed E-state index contributed by atoms with van der Waals surface area (Å²) in [5.74, 6) is -0.306. The number of hydrogen-bond acceptors (Lipinski definition) is 2. The molecule has 0 N–H and O–H groups in total. The van der Waals surface area contributed by atoms with Crippen LogP contribution in [-0.2, 0) is 11.2 Å². The van der Waals surface area contributed by atoms with Crippen molar-refractivity contribution in [3.63, 3.8) is 0 Å². The first-order valence-electron chi connectivity index (χ1n) is 8.38. The van der Waals surface area contributed by atoms with Gasteiger partial charge < -0.3 is 9.80 Å². The van der Waals surface area contributed by atoms with E-state index in [0.29, 0.717) is 18.7 Å². The fraction of sp³-hybridized carbons (Fsp3) is 0.350. The number of amides is 1. The molecule has 0 aromatic heterocycles. The summed E-state index contributed by atoms with van der Waals surface area (Å²) in [6, 6.07) is 13.0. The highest BCUT2D eigenvalue weighted by molar-refractivity contribution is 5.79. The van der Waals surface area contributed by atoms with Crippen LogP contribution < -0.4 is 4.90 Å². The second-order valence-electron chi connectivity index (χ2n) is 6.40. The number of aryl methyl sites for hydroxylation is 2. The van der Waals surface area contributed by atoms with Gasteiger partial charge >= 0.3 is 0 Å². The molecule has 4 heteroatoms. The molecular formula is C20H23FN2O. The van der Waals surface area contributed by atoms with Gasteiger partial charge in [-0.25, -0.2) is 4.39 Å². The lowest BCUT2D eigenvalue weighted by atomic mass is 10.1. The van der Waals surface area contributed by atoms with Gasteiger partial charge in [0.25, 0.3) is 0 Å². The third-order valence-electron chi connectivity index (χ3n) is 4.79. The number of carbonyl (C=O) groups is 1. The minimum Gasteiger partial charge on any atom is -0.368 e. The molecule has 2 aromatic carbocycles. The standard InChI is InChI=1S/C20H23FN2O/c1-15-7-8-18(13-16(15)2)22-9-11-23(12-10-22)20(24)14-17-5-3-4-6-19(17)21/h3-8,13H,9-12,14H2,1-2H3. The van der Waals surface area contributed by atoms with Crippen molar-refractivity contribution in [2.45, 2.75) is 20.3 Å². The molecule has 0 unspecified atom stereocenters. The number of anilines is 1. The van der Waals surface area contributed by atoms with E-state index in [-0.39, 0.29) is 18.1 Å². The maximum Gasteiger partial charge on any atom is 0.227 e. The predicted molar refractivity (Wildman–Crippen MR) is 94.8 cm³/mol. The summed E-state index contributed by atoms with van der Waals surface area (Å²) in [6.07, 6.45) is 0.135. The third-order valence-corrected chi connectivity index (χ3v) is 4.79. The van der Waals surface area contributed by atoms with Gasteiger partial charge in [-0.15, -0.1) is 0 Å². The average Bonchev–Trinajstić information content (AvgIpc) is 2.59. The molecule has 0 bridgehead atoms. The Morgan fingerprint density at radius 3 is 2.38 bits per heavy atom. The fourth-order valence-corrected chi connectivity index (χ4v) is 3.05. The van der Waals surface area contributed by atoms with Crippen molar-refractivity contribution in [2.75, 3.05) is 31.1 Å². The molecule has 0 saturated carbocycles. The van der Waals surface area contributed by atoms with Crippen molar-refractivity contribution in [2.24, 2.45) is 0 Å². The van der Waals surface area contributed by atoms with Gasteiger partial charge in [-0.3, -0.25) is 4.79 Å². The first kappa shape index (κ1) is 16.5. The van der Waals surface area contributed by atoms with E-state index in [2.05, 4.69) is 36.9 Å². The lowest BCUT2D eigenvalue weighted by molar-refractivity contribution is -0.130. The number of carbonyl (C=O) groups excluding carboxylic acids is 1. The molecule has 0 radical (unpaired) electrons. The third kappa shape index (κ3) is 3.58. The molecule has 0 aliphatic carbocycles. The second kappa shape index (κ2) is 7.04. The Morgan fingerprint density at radius 2 is 1.71 bits per heavy atom. The summed E-state index contributed by atoms with van der Waals surface area (Å²) in [7, 11) is 0. The minimum absolute atomic E-state index is 0.000151. The monoisotopic (exact) mass is 326 g/mol. The van der Waals surface area contributed by atoms with Crippen LogP contribution in [0.5, 0.6) is 0 Å². The number of halogens is 1. The zero-order valence-corrected chi connectivity index (χ0v) is 14.3. The van der Waals surface area contributed by atoms with Crippen LogP contribution in [-0.4, -0.2) is 37.0 Å². The normalized spacial score (nSPS) is 14.8. The largest absolute Gasteiger partial charge is 0.368 e. The molecule has 3 nitrogen and oxygen atoms in total. The predicted octanol–water partition coefficient (Wildman–Crippen LogP) is 3.33. The molecule has 1 heterocycles. The topological polar surface area (TPSA) is 23.6 Å². The zero-order valence-electron chi connectivity index (χ0n) is 14.3. The van der Waals surface area contributed by atoms with Crippen LogP contribution in [0.2, 0.25) is 0 Å². The fourth-order valence-electron chi connectivity index (χ4n) is 3.05. The molecule has 1 aliphatic heterocycles. The Bertz CT molecular complexity index is 736. The Labute approximate surface area is 142 Å². The lowest BCUT2D eigenvalue weighted by Crippen LogP contribution is -2.49. The van der Waals surface area contributed by atoms with Gasteiger partial charge in [0.05, 0.1) is 6.42 Å². The van der Waals surface area contributed by atoms with Gasteiger partial charge in [0, 0.05) is 31.9 Å². The number of nitrogens with zero attached hydrogens (tertiary/aromatic N) is 2. The summed E-state index contributed by atoms with van der Waals surface area (Å²) in [5.41, 5.74) is 4.25. The molecule has 126 valence electrons. The molecular weight excluding hydrogens is 303 g/mol. The van der Waals surface area contributed by atoms with Crippen molar-refractivity contribution >= 4 is 11.6 Å². The summed E-state index contributed by atoms with van der Waals surface area (Å²) in [4.78, 5) is 16.5. The quantitative estimate of drug-likeness (QED) is 0.864. The van der Waals surface area contributed by atoms with Gasteiger partial charge in [0.15, 0.2) is 0 Å². The van der Waals surface area contributed by atoms with Gasteiger partial charge in [-0.2, -0.15) is 0 Å². The highest BCUT2D eigenvalue weighted by Gasteiger charge is 2.22. The van der Waals surface area contributed by atoms with Crippen LogP contribution in [0, 0.1) is 19.7 Å². The molecule has 1 fully saturated rings. The second-order valence-corrected chi connectivity index (χ2v) is 6.40. The summed E-state index contributed by atoms with van der Waals surface area (Å²) in [5, 5.41) is 0. The van der Waals surface area contributed by atoms with E-state index in [1.54, 1.807) is 18.2 Å². The van der Waals surface area contributed by atoms with Crippen molar-refractivity contribution in [1.82, 2.24) is 4.90 Å². The number of benzene rings is 2. The van der Waals surface area contributed by atoms with E-state index >= 15 is 0 Å². The van der Waals surface area contributed by atoms with Gasteiger partial charge in [-0.1, -0.05) is 24.3 Å². The Kier molecular flexibility index (Phi) is 4.84. The average molecular weight is 326 g/mol. The number of hydrogen-bond donors (Lipinski definition) is 0. The van der Waals surface area contributed by atoms with Gasteiger partial charge in [0.1, 0.15) is 5.82 Å². The van der Waals surface area contributed by atoms with E-state index in [4.69, 9.17) is 0 Å². The summed E-state index contributed by atoms with van der Waals surface area (Å²) >= 11 is 0. The van der Waals surface area contributed by atoms with Crippen LogP contribution in [0.25, 0.3) is 0 Å². The van der Waals surface area contributed by atoms with Crippen LogP contribution >= 0.6 is 0 Å². The number of rotatable bonds is 3. The van der Waals surface area contributed by atoms with Gasteiger partial charge in [0.2, 0.25) is 5.91 Å². The maximum atomic E-state index is 13.7. The Hall–Kier alpha value is -2.36. The van der Waals surface area contributed by atoms with E-state index in [1.807, 2.05) is 4.90 Å². The minimum atomic E-state index is -0.306. The molecule has 0 atom stereocenters. The Morgan fingerprint density at radius 1 is 1.00 bits per heavy atom. The SMILES string of the molecule is Cc1ccc(N2CCN(C(=O)Cc3ccccc3F)CC2)cc1C. The van der Waals surface area contributed by atoms with E-state index in [0.717, 1.165) is 13.1 Å². The van der Waals surface area contributed by atoms with E-state index < -0.39 is 0 Å². The molecule has 0 spiro atoms. The summed E-state index contributed by atoms with van der Waals surface area (Å²) in [6.45, 7) is 7.21. The molecule has 2 aromatic rings. The molecule has 24 heavy (non-hydrogen) atoms. The maximum absolute atomic E-state index is 13.7. The molecule has 3 rings (SSSR count). The number of piperazine rings is 1. The zero-order chi connectivity index (χ0) is 17.1. The molecule has 1 aliphatic rings. The van der Waals surface area contributed by atoms with Crippen molar-refractivity contribution in [3.8, 4) is 0 Å².